The highest BCUT2D eigenvalue weighted by molar-refractivity contribution is 7.91. The average Bonchev–Trinajstić information content (AvgIpc) is 2.82. The van der Waals surface area contributed by atoms with E-state index in [4.69, 9.17) is 5.11 Å². The van der Waals surface area contributed by atoms with E-state index in [1.54, 1.807) is 18.4 Å². The van der Waals surface area contributed by atoms with Gasteiger partial charge in [0.2, 0.25) is 15.9 Å². The van der Waals surface area contributed by atoms with Gasteiger partial charge in [0.25, 0.3) is 0 Å². The van der Waals surface area contributed by atoms with Crippen molar-refractivity contribution in [1.29, 1.82) is 0 Å². The topological polar surface area (TPSA) is 95.5 Å². The Hall–Kier alpha value is -0.960. The molecular formula is C10H16N2O4S2. The maximum atomic E-state index is 11.7. The molecule has 0 aromatic carbocycles. The fraction of sp³-hybridized carbons (Fsp3) is 0.500. The molecule has 0 spiro atoms. The number of hydrogen-bond donors (Lipinski definition) is 3. The Bertz CT molecular complexity index is 470. The molecule has 0 fully saturated rings. The summed E-state index contributed by atoms with van der Waals surface area (Å²) in [5.74, 6) is -0.301. The first-order valence-electron chi connectivity index (χ1n) is 5.39. The number of carbonyl (C=O) groups is 1. The lowest BCUT2D eigenvalue weighted by molar-refractivity contribution is -0.121. The third-order valence-corrected chi connectivity index (χ3v) is 4.94. The van der Waals surface area contributed by atoms with Crippen LogP contribution < -0.4 is 10.0 Å². The maximum absolute atomic E-state index is 11.7. The number of carbonyl (C=O) groups excluding carboxylic acids is 1. The van der Waals surface area contributed by atoms with Crippen LogP contribution in [0.1, 0.15) is 13.3 Å². The molecule has 102 valence electrons. The quantitative estimate of drug-likeness (QED) is 0.654. The largest absolute Gasteiger partial charge is 0.394 e. The van der Waals surface area contributed by atoms with E-state index in [9.17, 15) is 13.2 Å². The van der Waals surface area contributed by atoms with Crippen molar-refractivity contribution in [1.82, 2.24) is 10.0 Å². The fourth-order valence-corrected chi connectivity index (χ4v) is 3.25. The van der Waals surface area contributed by atoms with Crippen LogP contribution in [-0.2, 0) is 14.8 Å². The van der Waals surface area contributed by atoms with Crippen molar-refractivity contribution in [2.24, 2.45) is 0 Å². The Morgan fingerprint density at radius 2 is 2.28 bits per heavy atom. The van der Waals surface area contributed by atoms with E-state index in [0.717, 1.165) is 11.3 Å². The van der Waals surface area contributed by atoms with E-state index < -0.39 is 10.0 Å². The highest BCUT2D eigenvalue weighted by atomic mass is 32.2. The molecule has 1 atom stereocenters. The van der Waals surface area contributed by atoms with Crippen molar-refractivity contribution < 1.29 is 18.3 Å². The van der Waals surface area contributed by atoms with Gasteiger partial charge in [0.05, 0.1) is 6.61 Å². The van der Waals surface area contributed by atoms with Crippen molar-refractivity contribution in [3.05, 3.63) is 17.5 Å². The summed E-state index contributed by atoms with van der Waals surface area (Å²) in [4.78, 5) is 11.3. The van der Waals surface area contributed by atoms with E-state index in [0.29, 0.717) is 0 Å². The van der Waals surface area contributed by atoms with Gasteiger partial charge in [-0.05, 0) is 18.4 Å². The van der Waals surface area contributed by atoms with E-state index in [1.165, 1.54) is 6.07 Å². The van der Waals surface area contributed by atoms with Crippen LogP contribution in [0.3, 0.4) is 0 Å². The summed E-state index contributed by atoms with van der Waals surface area (Å²) < 4.78 is 25.9. The number of aliphatic hydroxyl groups excluding tert-OH is 1. The first-order valence-corrected chi connectivity index (χ1v) is 7.75. The Morgan fingerprint density at radius 3 is 2.83 bits per heavy atom. The number of aliphatic hydroxyl groups is 1. The molecule has 0 unspecified atom stereocenters. The molecule has 0 saturated carbocycles. The van der Waals surface area contributed by atoms with Gasteiger partial charge < -0.3 is 10.4 Å². The molecule has 0 aliphatic rings. The lowest BCUT2D eigenvalue weighted by Gasteiger charge is -2.10. The molecule has 0 aliphatic carbocycles. The summed E-state index contributed by atoms with van der Waals surface area (Å²) in [5.41, 5.74) is 0. The molecular weight excluding hydrogens is 276 g/mol. The average molecular weight is 292 g/mol. The van der Waals surface area contributed by atoms with Gasteiger partial charge in [-0.1, -0.05) is 6.07 Å². The molecule has 8 heteroatoms. The standard InChI is InChI=1S/C10H16N2O4S2/c1-8(7-13)12-9(14)4-5-11-18(15,16)10-3-2-6-17-10/h2-3,6,8,11,13H,4-5,7H2,1H3,(H,12,14)/t8-/m1/s1. The number of thiophene rings is 1. The first kappa shape index (κ1) is 15.1. The minimum absolute atomic E-state index is 0.0320. The smallest absolute Gasteiger partial charge is 0.250 e. The Morgan fingerprint density at radius 1 is 1.56 bits per heavy atom. The second-order valence-electron chi connectivity index (χ2n) is 3.73. The minimum Gasteiger partial charge on any atom is -0.394 e. The number of amides is 1. The Kier molecular flexibility index (Phi) is 5.73. The van der Waals surface area contributed by atoms with Crippen molar-refractivity contribution in [2.75, 3.05) is 13.2 Å². The van der Waals surface area contributed by atoms with Crippen LogP contribution >= 0.6 is 11.3 Å². The lowest BCUT2D eigenvalue weighted by atomic mass is 10.3. The van der Waals surface area contributed by atoms with Crippen molar-refractivity contribution >= 4 is 27.3 Å². The molecule has 0 radical (unpaired) electrons. The summed E-state index contributed by atoms with van der Waals surface area (Å²) in [6.45, 7) is 1.55. The molecule has 1 amide bonds. The van der Waals surface area contributed by atoms with E-state index in [2.05, 4.69) is 10.0 Å². The third kappa shape index (κ3) is 4.73. The molecule has 0 saturated heterocycles. The molecule has 1 rings (SSSR count). The summed E-state index contributed by atoms with van der Waals surface area (Å²) >= 11 is 1.12. The van der Waals surface area contributed by atoms with Crippen LogP contribution in [0.15, 0.2) is 21.7 Å². The molecule has 3 N–H and O–H groups in total. The van der Waals surface area contributed by atoms with Gasteiger partial charge in [-0.25, -0.2) is 13.1 Å². The second-order valence-corrected chi connectivity index (χ2v) is 6.67. The van der Waals surface area contributed by atoms with Crippen LogP contribution in [0.4, 0.5) is 0 Å². The second kappa shape index (κ2) is 6.83. The van der Waals surface area contributed by atoms with Gasteiger partial charge in [-0.3, -0.25) is 4.79 Å². The molecule has 1 heterocycles. The third-order valence-electron chi connectivity index (χ3n) is 2.09. The van der Waals surface area contributed by atoms with E-state index in [-0.39, 0.29) is 35.7 Å². The SMILES string of the molecule is C[C@H](CO)NC(=O)CCNS(=O)(=O)c1cccs1. The van der Waals surface area contributed by atoms with Crippen LogP contribution in [0.2, 0.25) is 0 Å². The molecule has 6 nitrogen and oxygen atoms in total. The molecule has 0 aliphatic heterocycles. The van der Waals surface area contributed by atoms with Gasteiger partial charge in [0, 0.05) is 19.0 Å². The summed E-state index contributed by atoms with van der Waals surface area (Å²) in [6, 6.07) is 2.82. The lowest BCUT2D eigenvalue weighted by Crippen LogP contribution is -2.37. The zero-order valence-corrected chi connectivity index (χ0v) is 11.6. The molecule has 1 aromatic rings. The number of rotatable bonds is 7. The number of sulfonamides is 1. The zero-order valence-electron chi connectivity index (χ0n) is 9.92. The molecule has 1 aromatic heterocycles. The summed E-state index contributed by atoms with van der Waals surface area (Å²) in [5, 5.41) is 12.9. The Labute approximate surface area is 110 Å². The van der Waals surface area contributed by atoms with Gasteiger partial charge in [-0.15, -0.1) is 11.3 Å². The van der Waals surface area contributed by atoms with Crippen LogP contribution in [0.25, 0.3) is 0 Å². The number of nitrogens with one attached hydrogen (secondary N) is 2. The van der Waals surface area contributed by atoms with Crippen LogP contribution in [0, 0.1) is 0 Å². The van der Waals surface area contributed by atoms with Gasteiger partial charge in [0.1, 0.15) is 4.21 Å². The normalized spacial score (nSPS) is 13.2. The monoisotopic (exact) mass is 292 g/mol. The molecule has 0 bridgehead atoms. The zero-order chi connectivity index (χ0) is 13.6. The fourth-order valence-electron chi connectivity index (χ4n) is 1.18. The van der Waals surface area contributed by atoms with E-state index >= 15 is 0 Å². The highest BCUT2D eigenvalue weighted by Crippen LogP contribution is 2.14. The minimum atomic E-state index is -3.51. The van der Waals surface area contributed by atoms with Gasteiger partial charge in [-0.2, -0.15) is 0 Å². The van der Waals surface area contributed by atoms with Crippen LogP contribution in [0.5, 0.6) is 0 Å². The van der Waals surface area contributed by atoms with Crippen molar-refractivity contribution in [3.63, 3.8) is 0 Å². The van der Waals surface area contributed by atoms with Crippen molar-refractivity contribution in [3.8, 4) is 0 Å². The van der Waals surface area contributed by atoms with Gasteiger partial charge >= 0.3 is 0 Å². The summed E-state index contributed by atoms with van der Waals surface area (Å²) in [6.07, 6.45) is 0.0367. The van der Waals surface area contributed by atoms with E-state index in [1.807, 2.05) is 0 Å². The van der Waals surface area contributed by atoms with Crippen molar-refractivity contribution in [2.45, 2.75) is 23.6 Å². The summed E-state index contributed by atoms with van der Waals surface area (Å²) in [7, 11) is -3.51. The Balaban J connectivity index is 2.36. The maximum Gasteiger partial charge on any atom is 0.250 e. The predicted molar refractivity (Wildman–Crippen MR) is 68.8 cm³/mol. The number of hydrogen-bond acceptors (Lipinski definition) is 5. The predicted octanol–water partition coefficient (Wildman–Crippen LogP) is -0.0865. The van der Waals surface area contributed by atoms with Gasteiger partial charge in [0.15, 0.2) is 0 Å². The first-order chi connectivity index (χ1) is 8.45. The van der Waals surface area contributed by atoms with Crippen LogP contribution in [-0.4, -0.2) is 38.6 Å². The highest BCUT2D eigenvalue weighted by Gasteiger charge is 2.15. The molecule has 18 heavy (non-hydrogen) atoms.